The summed E-state index contributed by atoms with van der Waals surface area (Å²) < 4.78 is 11.9. The van der Waals surface area contributed by atoms with E-state index < -0.39 is 0 Å². The van der Waals surface area contributed by atoms with E-state index in [0.29, 0.717) is 6.61 Å². The molecule has 0 amide bonds. The smallest absolute Gasteiger partial charge is 0.124 e. The zero-order valence-electron chi connectivity index (χ0n) is 12.1. The molecule has 0 radical (unpaired) electrons. The van der Waals surface area contributed by atoms with Crippen LogP contribution in [-0.4, -0.2) is 13.7 Å². The molecule has 3 N–H and O–H groups in total. The minimum absolute atomic E-state index is 0.197. The van der Waals surface area contributed by atoms with Gasteiger partial charge in [0.05, 0.1) is 19.8 Å². The fourth-order valence-corrected chi connectivity index (χ4v) is 2.70. The molecular formula is C16H19BrN2O2. The maximum Gasteiger partial charge on any atom is 0.124 e. The number of ether oxygens (including phenoxy) is 2. The van der Waals surface area contributed by atoms with Gasteiger partial charge < -0.3 is 9.47 Å². The quantitative estimate of drug-likeness (QED) is 0.619. The lowest BCUT2D eigenvalue weighted by Crippen LogP contribution is -2.29. The number of hydrogen-bond acceptors (Lipinski definition) is 4. The molecule has 0 bridgehead atoms. The number of para-hydroxylation sites is 1. The molecule has 5 heteroatoms. The van der Waals surface area contributed by atoms with Crippen molar-refractivity contribution in [3.05, 3.63) is 58.1 Å². The minimum atomic E-state index is -0.197. The van der Waals surface area contributed by atoms with Crippen molar-refractivity contribution in [2.24, 2.45) is 5.84 Å². The van der Waals surface area contributed by atoms with Gasteiger partial charge >= 0.3 is 0 Å². The van der Waals surface area contributed by atoms with Crippen LogP contribution in [-0.2, 0) is 0 Å². The van der Waals surface area contributed by atoms with Crippen LogP contribution in [0.2, 0.25) is 0 Å². The Balaban J connectivity index is 2.49. The van der Waals surface area contributed by atoms with E-state index in [1.165, 1.54) is 0 Å². The molecule has 21 heavy (non-hydrogen) atoms. The maximum atomic E-state index is 5.80. The molecule has 112 valence electrons. The Morgan fingerprint density at radius 1 is 1.19 bits per heavy atom. The van der Waals surface area contributed by atoms with Crippen molar-refractivity contribution < 1.29 is 9.47 Å². The van der Waals surface area contributed by atoms with Gasteiger partial charge in [-0.05, 0) is 36.8 Å². The van der Waals surface area contributed by atoms with Gasteiger partial charge in [0.15, 0.2) is 0 Å². The highest BCUT2D eigenvalue weighted by molar-refractivity contribution is 9.10. The van der Waals surface area contributed by atoms with Crippen molar-refractivity contribution in [2.45, 2.75) is 13.0 Å². The first-order valence-corrected chi connectivity index (χ1v) is 7.51. The van der Waals surface area contributed by atoms with E-state index in [2.05, 4.69) is 21.4 Å². The third-order valence-electron chi connectivity index (χ3n) is 3.21. The molecule has 1 unspecified atom stereocenters. The fraction of sp³-hybridized carbons (Fsp3) is 0.250. The van der Waals surface area contributed by atoms with Crippen LogP contribution in [0.3, 0.4) is 0 Å². The molecule has 0 aliphatic carbocycles. The number of halogens is 1. The topological polar surface area (TPSA) is 56.5 Å². The van der Waals surface area contributed by atoms with Crippen LogP contribution in [0.15, 0.2) is 46.9 Å². The average molecular weight is 351 g/mol. The van der Waals surface area contributed by atoms with Gasteiger partial charge in [-0.3, -0.25) is 5.84 Å². The lowest BCUT2D eigenvalue weighted by atomic mass is 9.98. The van der Waals surface area contributed by atoms with E-state index >= 15 is 0 Å². The second-order valence-electron chi connectivity index (χ2n) is 4.46. The Morgan fingerprint density at radius 2 is 1.95 bits per heavy atom. The summed E-state index contributed by atoms with van der Waals surface area (Å²) in [4.78, 5) is 0. The minimum Gasteiger partial charge on any atom is -0.497 e. The van der Waals surface area contributed by atoms with Gasteiger partial charge in [-0.25, -0.2) is 5.43 Å². The molecular weight excluding hydrogens is 332 g/mol. The molecule has 2 aromatic rings. The fourth-order valence-electron chi connectivity index (χ4n) is 2.22. The van der Waals surface area contributed by atoms with Gasteiger partial charge in [0, 0.05) is 10.0 Å². The van der Waals surface area contributed by atoms with Gasteiger partial charge in [0.2, 0.25) is 0 Å². The first kappa shape index (κ1) is 15.8. The first-order chi connectivity index (χ1) is 10.2. The molecule has 0 aliphatic rings. The predicted octanol–water partition coefficient (Wildman–Crippen LogP) is 3.41. The number of rotatable bonds is 6. The molecule has 2 rings (SSSR count). The van der Waals surface area contributed by atoms with Crippen molar-refractivity contribution >= 4 is 15.9 Å². The molecule has 2 aromatic carbocycles. The van der Waals surface area contributed by atoms with Gasteiger partial charge in [0.1, 0.15) is 11.5 Å². The number of hydrazine groups is 1. The summed E-state index contributed by atoms with van der Waals surface area (Å²) in [5.41, 5.74) is 4.83. The van der Waals surface area contributed by atoms with Crippen molar-refractivity contribution in [2.75, 3.05) is 13.7 Å². The van der Waals surface area contributed by atoms with Gasteiger partial charge in [-0.2, -0.15) is 0 Å². The van der Waals surface area contributed by atoms with Crippen molar-refractivity contribution in [3.63, 3.8) is 0 Å². The molecule has 1 atom stereocenters. The van der Waals surface area contributed by atoms with Crippen molar-refractivity contribution in [1.82, 2.24) is 5.43 Å². The van der Waals surface area contributed by atoms with E-state index in [4.69, 9.17) is 15.3 Å². The first-order valence-electron chi connectivity index (χ1n) is 6.72. The number of methoxy groups -OCH3 is 1. The largest absolute Gasteiger partial charge is 0.497 e. The highest BCUT2D eigenvalue weighted by atomic mass is 79.9. The van der Waals surface area contributed by atoms with Crippen molar-refractivity contribution in [1.29, 1.82) is 0 Å². The highest BCUT2D eigenvalue weighted by Crippen LogP contribution is 2.35. The Morgan fingerprint density at radius 3 is 2.62 bits per heavy atom. The van der Waals surface area contributed by atoms with Crippen LogP contribution in [0.5, 0.6) is 11.5 Å². The zero-order valence-corrected chi connectivity index (χ0v) is 13.7. The summed E-state index contributed by atoms with van der Waals surface area (Å²) in [6, 6.07) is 13.5. The van der Waals surface area contributed by atoms with Crippen LogP contribution < -0.4 is 20.7 Å². The molecule has 0 aromatic heterocycles. The Labute approximate surface area is 133 Å². The van der Waals surface area contributed by atoms with Gasteiger partial charge in [-0.15, -0.1) is 0 Å². The average Bonchev–Trinajstić information content (AvgIpc) is 2.51. The monoisotopic (exact) mass is 350 g/mol. The number of benzene rings is 2. The predicted molar refractivity (Wildman–Crippen MR) is 87.5 cm³/mol. The van der Waals surface area contributed by atoms with E-state index in [1.807, 2.05) is 49.4 Å². The number of nitrogens with one attached hydrogen (secondary N) is 1. The molecule has 0 spiro atoms. The SMILES string of the molecule is CCOc1ccccc1C(NN)c1cc(OC)ccc1Br. The molecule has 0 fully saturated rings. The Hall–Kier alpha value is -1.56. The lowest BCUT2D eigenvalue weighted by molar-refractivity contribution is 0.333. The zero-order chi connectivity index (χ0) is 15.2. The summed E-state index contributed by atoms with van der Waals surface area (Å²) in [5, 5.41) is 0. The van der Waals surface area contributed by atoms with Crippen LogP contribution in [0.1, 0.15) is 24.1 Å². The van der Waals surface area contributed by atoms with E-state index in [9.17, 15) is 0 Å². The Kier molecular flexibility index (Phi) is 5.61. The van der Waals surface area contributed by atoms with Crippen LogP contribution >= 0.6 is 15.9 Å². The maximum absolute atomic E-state index is 5.80. The summed E-state index contributed by atoms with van der Waals surface area (Å²) in [7, 11) is 1.64. The number of nitrogens with two attached hydrogens (primary N) is 1. The second-order valence-corrected chi connectivity index (χ2v) is 5.31. The van der Waals surface area contributed by atoms with E-state index in [1.54, 1.807) is 7.11 Å². The van der Waals surface area contributed by atoms with Gasteiger partial charge in [-0.1, -0.05) is 34.1 Å². The van der Waals surface area contributed by atoms with E-state index in [-0.39, 0.29) is 6.04 Å². The van der Waals surface area contributed by atoms with Crippen LogP contribution in [0.4, 0.5) is 0 Å². The van der Waals surface area contributed by atoms with Gasteiger partial charge in [0.25, 0.3) is 0 Å². The highest BCUT2D eigenvalue weighted by Gasteiger charge is 2.19. The normalized spacial score (nSPS) is 12.0. The molecule has 0 aliphatic heterocycles. The molecule has 0 heterocycles. The summed E-state index contributed by atoms with van der Waals surface area (Å²) in [6.07, 6.45) is 0. The standard InChI is InChI=1S/C16H19BrN2O2/c1-3-21-15-7-5-4-6-12(15)16(19-18)13-10-11(20-2)8-9-14(13)17/h4-10,16,19H,3,18H2,1-2H3. The molecule has 0 saturated heterocycles. The van der Waals surface area contributed by atoms with Crippen LogP contribution in [0.25, 0.3) is 0 Å². The third-order valence-corrected chi connectivity index (χ3v) is 3.93. The van der Waals surface area contributed by atoms with Crippen LogP contribution in [0, 0.1) is 0 Å². The number of hydrogen-bond donors (Lipinski definition) is 2. The summed E-state index contributed by atoms with van der Waals surface area (Å²) >= 11 is 3.57. The van der Waals surface area contributed by atoms with Crippen molar-refractivity contribution in [3.8, 4) is 11.5 Å². The Bertz CT molecular complexity index is 605. The summed E-state index contributed by atoms with van der Waals surface area (Å²) in [5.74, 6) is 7.39. The second kappa shape index (κ2) is 7.45. The molecule has 4 nitrogen and oxygen atoms in total. The molecule has 0 saturated carbocycles. The third kappa shape index (κ3) is 3.56. The summed E-state index contributed by atoms with van der Waals surface area (Å²) in [6.45, 7) is 2.57. The van der Waals surface area contributed by atoms with E-state index in [0.717, 1.165) is 27.1 Å². The lowest BCUT2D eigenvalue weighted by Gasteiger charge is -2.21.